The second-order valence-electron chi connectivity index (χ2n) is 3.81. The maximum atomic E-state index is 3.52. The van der Waals surface area contributed by atoms with Crippen LogP contribution in [0, 0.1) is 11.8 Å². The van der Waals surface area contributed by atoms with Crippen LogP contribution in [0.1, 0.15) is 27.7 Å². The molecule has 0 aromatic carbocycles. The summed E-state index contributed by atoms with van der Waals surface area (Å²) in [5, 5.41) is 4.57. The van der Waals surface area contributed by atoms with Crippen LogP contribution in [0.25, 0.3) is 0 Å². The number of hydrogen-bond donors (Lipinski definition) is 1. The van der Waals surface area contributed by atoms with Crippen LogP contribution in [0.2, 0.25) is 0 Å². The van der Waals surface area contributed by atoms with Crippen LogP contribution in [-0.4, -0.2) is 17.9 Å². The number of nitrogens with one attached hydrogen (secondary N) is 1. The zero-order valence-corrected chi connectivity index (χ0v) is 9.61. The summed E-state index contributed by atoms with van der Waals surface area (Å²) in [6, 6.07) is 0.623. The average molecular weight is 222 g/mol. The summed E-state index contributed by atoms with van der Waals surface area (Å²) in [6.07, 6.45) is 0. The second-order valence-corrected chi connectivity index (χ2v) is 4.45. The number of hydrogen-bond acceptors (Lipinski definition) is 1. The van der Waals surface area contributed by atoms with Crippen molar-refractivity contribution in [2.75, 3.05) is 11.9 Å². The van der Waals surface area contributed by atoms with E-state index in [2.05, 4.69) is 48.9 Å². The third-order valence-corrected chi connectivity index (χ3v) is 2.46. The summed E-state index contributed by atoms with van der Waals surface area (Å²) in [5.74, 6) is 1.46. The molecule has 0 aliphatic heterocycles. The van der Waals surface area contributed by atoms with Crippen LogP contribution >= 0.6 is 15.9 Å². The highest BCUT2D eigenvalue weighted by Crippen LogP contribution is 2.05. The van der Waals surface area contributed by atoms with Crippen molar-refractivity contribution in [1.29, 1.82) is 0 Å². The van der Waals surface area contributed by atoms with Gasteiger partial charge in [-0.15, -0.1) is 0 Å². The molecule has 11 heavy (non-hydrogen) atoms. The molecule has 0 aromatic heterocycles. The van der Waals surface area contributed by atoms with E-state index in [0.717, 1.165) is 17.8 Å². The van der Waals surface area contributed by atoms with Crippen molar-refractivity contribution >= 4 is 15.9 Å². The fraction of sp³-hybridized carbons (Fsp3) is 1.00. The van der Waals surface area contributed by atoms with Crippen LogP contribution in [-0.2, 0) is 0 Å². The van der Waals surface area contributed by atoms with Crippen molar-refractivity contribution < 1.29 is 0 Å². The summed E-state index contributed by atoms with van der Waals surface area (Å²) >= 11 is 3.50. The van der Waals surface area contributed by atoms with Gasteiger partial charge in [-0.25, -0.2) is 0 Å². The first kappa shape index (κ1) is 11.4. The lowest BCUT2D eigenvalue weighted by Gasteiger charge is -2.20. The Hall–Kier alpha value is 0.440. The highest BCUT2D eigenvalue weighted by atomic mass is 79.9. The molecule has 0 fully saturated rings. The van der Waals surface area contributed by atoms with E-state index in [1.54, 1.807) is 0 Å². The Morgan fingerprint density at radius 2 is 1.73 bits per heavy atom. The van der Waals surface area contributed by atoms with Gasteiger partial charge in [0.15, 0.2) is 0 Å². The van der Waals surface area contributed by atoms with Gasteiger partial charge in [-0.05, 0) is 18.4 Å². The fourth-order valence-corrected chi connectivity index (χ4v) is 1.83. The Morgan fingerprint density at radius 1 is 1.18 bits per heavy atom. The van der Waals surface area contributed by atoms with Gasteiger partial charge in [0.1, 0.15) is 0 Å². The molecule has 0 amide bonds. The smallest absolute Gasteiger partial charge is 0.0188 e. The molecule has 0 bridgehead atoms. The third kappa shape index (κ3) is 5.68. The molecule has 68 valence electrons. The van der Waals surface area contributed by atoms with Crippen molar-refractivity contribution in [3.8, 4) is 0 Å². The van der Waals surface area contributed by atoms with Gasteiger partial charge in [0.25, 0.3) is 0 Å². The molecular formula is C9H20BrN. The Morgan fingerprint density at radius 3 is 2.00 bits per heavy atom. The molecule has 0 aliphatic rings. The molecule has 1 N–H and O–H groups in total. The van der Waals surface area contributed by atoms with Crippen molar-refractivity contribution in [2.45, 2.75) is 33.7 Å². The Balaban J connectivity index is 3.52. The molecule has 0 heterocycles. The molecule has 1 unspecified atom stereocenters. The SMILES string of the molecule is CC(C)CNC(CBr)C(C)C. The highest BCUT2D eigenvalue weighted by Gasteiger charge is 2.10. The van der Waals surface area contributed by atoms with Gasteiger partial charge in [-0.2, -0.15) is 0 Å². The maximum Gasteiger partial charge on any atom is 0.0188 e. The largest absolute Gasteiger partial charge is 0.313 e. The predicted molar refractivity (Wildman–Crippen MR) is 55.3 cm³/mol. The number of rotatable bonds is 5. The Kier molecular flexibility index (Phi) is 6.25. The van der Waals surface area contributed by atoms with Gasteiger partial charge in [-0.3, -0.25) is 0 Å². The van der Waals surface area contributed by atoms with Crippen LogP contribution in [0.15, 0.2) is 0 Å². The molecule has 1 atom stereocenters. The average Bonchev–Trinajstić information content (AvgIpc) is 1.87. The van der Waals surface area contributed by atoms with Crippen LogP contribution in [0.3, 0.4) is 0 Å². The molecular weight excluding hydrogens is 202 g/mol. The van der Waals surface area contributed by atoms with E-state index in [4.69, 9.17) is 0 Å². The van der Waals surface area contributed by atoms with E-state index in [-0.39, 0.29) is 0 Å². The summed E-state index contributed by atoms with van der Waals surface area (Å²) < 4.78 is 0. The Bertz CT molecular complexity index is 91.6. The lowest BCUT2D eigenvalue weighted by molar-refractivity contribution is 0.408. The number of alkyl halides is 1. The summed E-state index contributed by atoms with van der Waals surface area (Å²) in [4.78, 5) is 0. The van der Waals surface area contributed by atoms with Crippen LogP contribution in [0.5, 0.6) is 0 Å². The zero-order valence-electron chi connectivity index (χ0n) is 8.02. The lowest BCUT2D eigenvalue weighted by atomic mass is 10.1. The fourth-order valence-electron chi connectivity index (χ4n) is 0.856. The molecule has 0 aromatic rings. The number of halogens is 1. The van der Waals surface area contributed by atoms with Gasteiger partial charge in [0.2, 0.25) is 0 Å². The quantitative estimate of drug-likeness (QED) is 0.705. The molecule has 0 spiro atoms. The van der Waals surface area contributed by atoms with Crippen molar-refractivity contribution in [3.63, 3.8) is 0 Å². The topological polar surface area (TPSA) is 12.0 Å². The maximum absolute atomic E-state index is 3.52. The van der Waals surface area contributed by atoms with Crippen molar-refractivity contribution in [2.24, 2.45) is 11.8 Å². The van der Waals surface area contributed by atoms with Crippen LogP contribution in [0.4, 0.5) is 0 Å². The van der Waals surface area contributed by atoms with E-state index in [1.165, 1.54) is 0 Å². The van der Waals surface area contributed by atoms with E-state index < -0.39 is 0 Å². The van der Waals surface area contributed by atoms with Crippen LogP contribution < -0.4 is 5.32 Å². The van der Waals surface area contributed by atoms with Gasteiger partial charge in [0.05, 0.1) is 0 Å². The van der Waals surface area contributed by atoms with Gasteiger partial charge < -0.3 is 5.32 Å². The van der Waals surface area contributed by atoms with E-state index in [9.17, 15) is 0 Å². The van der Waals surface area contributed by atoms with Gasteiger partial charge in [-0.1, -0.05) is 43.6 Å². The molecule has 0 rings (SSSR count). The minimum Gasteiger partial charge on any atom is -0.313 e. The van der Waals surface area contributed by atoms with E-state index in [1.807, 2.05) is 0 Å². The lowest BCUT2D eigenvalue weighted by Crippen LogP contribution is -2.37. The molecule has 0 saturated heterocycles. The summed E-state index contributed by atoms with van der Waals surface area (Å²) in [6.45, 7) is 10.1. The van der Waals surface area contributed by atoms with E-state index >= 15 is 0 Å². The van der Waals surface area contributed by atoms with Gasteiger partial charge >= 0.3 is 0 Å². The molecule has 0 aliphatic carbocycles. The molecule has 2 heteroatoms. The minimum absolute atomic E-state index is 0.623. The molecule has 0 radical (unpaired) electrons. The zero-order chi connectivity index (χ0) is 8.85. The summed E-state index contributed by atoms with van der Waals surface area (Å²) in [5.41, 5.74) is 0. The normalized spacial score (nSPS) is 14.5. The standard InChI is InChI=1S/C9H20BrN/c1-7(2)6-11-9(5-10)8(3)4/h7-9,11H,5-6H2,1-4H3. The first-order valence-electron chi connectivity index (χ1n) is 4.37. The van der Waals surface area contributed by atoms with Gasteiger partial charge in [0, 0.05) is 11.4 Å². The predicted octanol–water partition coefficient (Wildman–Crippen LogP) is 2.65. The third-order valence-electron chi connectivity index (χ3n) is 1.76. The van der Waals surface area contributed by atoms with Crippen molar-refractivity contribution in [3.05, 3.63) is 0 Å². The molecule has 1 nitrogen and oxygen atoms in total. The molecule has 0 saturated carbocycles. The summed E-state index contributed by atoms with van der Waals surface area (Å²) in [7, 11) is 0. The first-order valence-corrected chi connectivity index (χ1v) is 5.49. The van der Waals surface area contributed by atoms with E-state index in [0.29, 0.717) is 12.0 Å². The van der Waals surface area contributed by atoms with Crippen molar-refractivity contribution in [1.82, 2.24) is 5.32 Å². The Labute approximate surface area is 79.1 Å². The second kappa shape index (κ2) is 6.01. The monoisotopic (exact) mass is 221 g/mol. The minimum atomic E-state index is 0.623. The highest BCUT2D eigenvalue weighted by molar-refractivity contribution is 9.09. The first-order chi connectivity index (χ1) is 5.07.